The van der Waals surface area contributed by atoms with Crippen LogP contribution in [0.25, 0.3) is 0 Å². The van der Waals surface area contributed by atoms with Gasteiger partial charge in [-0.05, 0) is 18.1 Å². The second-order valence-electron chi connectivity index (χ2n) is 3.91. The quantitative estimate of drug-likeness (QED) is 0.758. The monoisotopic (exact) mass is 230 g/mol. The van der Waals surface area contributed by atoms with Crippen molar-refractivity contribution in [2.75, 3.05) is 0 Å². The van der Waals surface area contributed by atoms with Crippen molar-refractivity contribution in [3.05, 3.63) is 53.3 Å². The van der Waals surface area contributed by atoms with Crippen molar-refractivity contribution in [2.45, 2.75) is 13.5 Å². The average Bonchev–Trinajstić information content (AvgIpc) is 2.74. The summed E-state index contributed by atoms with van der Waals surface area (Å²) in [4.78, 5) is 11.7. The van der Waals surface area contributed by atoms with Gasteiger partial charge < -0.3 is 4.74 Å². The molecule has 0 saturated carbocycles. The summed E-state index contributed by atoms with van der Waals surface area (Å²) in [5.41, 5.74) is 2.61. The number of hydrogen-bond donors (Lipinski definition) is 0. The number of carbonyl (C=O) groups excluding carboxylic acids is 1. The lowest BCUT2D eigenvalue weighted by Gasteiger charge is -2.05. The highest BCUT2D eigenvalue weighted by atomic mass is 16.5. The van der Waals surface area contributed by atoms with Crippen LogP contribution < -0.4 is 0 Å². The van der Waals surface area contributed by atoms with Crippen LogP contribution in [-0.4, -0.2) is 15.7 Å². The van der Waals surface area contributed by atoms with E-state index in [4.69, 9.17) is 4.74 Å². The molecule has 0 unspecified atom stereocenters. The van der Waals surface area contributed by atoms with Gasteiger partial charge in [-0.3, -0.25) is 4.68 Å². The van der Waals surface area contributed by atoms with Gasteiger partial charge >= 0.3 is 5.97 Å². The number of carbonyl (C=O) groups is 1. The van der Waals surface area contributed by atoms with E-state index in [-0.39, 0.29) is 5.97 Å². The molecule has 0 bridgehead atoms. The Morgan fingerprint density at radius 2 is 2.18 bits per heavy atom. The first-order valence-electron chi connectivity index (χ1n) is 5.37. The molecule has 0 aliphatic heterocycles. The van der Waals surface area contributed by atoms with Crippen LogP contribution in [0.1, 0.15) is 21.5 Å². The minimum Gasteiger partial charge on any atom is -0.457 e. The number of aromatic nitrogens is 2. The maximum Gasteiger partial charge on any atom is 0.341 e. The SMILES string of the molecule is Cc1ccccc1COC(=O)c1cnn(C)c1. The van der Waals surface area contributed by atoms with Crippen LogP contribution in [0.5, 0.6) is 0 Å². The summed E-state index contributed by atoms with van der Waals surface area (Å²) in [6.45, 7) is 2.29. The fourth-order valence-electron chi connectivity index (χ4n) is 1.53. The van der Waals surface area contributed by atoms with Crippen molar-refractivity contribution < 1.29 is 9.53 Å². The summed E-state index contributed by atoms with van der Waals surface area (Å²) >= 11 is 0. The van der Waals surface area contributed by atoms with E-state index in [0.29, 0.717) is 12.2 Å². The molecule has 2 aromatic rings. The molecule has 17 heavy (non-hydrogen) atoms. The zero-order chi connectivity index (χ0) is 12.3. The van der Waals surface area contributed by atoms with Gasteiger partial charge in [0.1, 0.15) is 6.61 Å². The molecule has 0 saturated heterocycles. The first-order chi connectivity index (χ1) is 8.16. The Kier molecular flexibility index (Phi) is 3.23. The lowest BCUT2D eigenvalue weighted by atomic mass is 10.1. The van der Waals surface area contributed by atoms with E-state index in [9.17, 15) is 4.79 Å². The molecular weight excluding hydrogens is 216 g/mol. The third-order valence-corrected chi connectivity index (χ3v) is 2.56. The second-order valence-corrected chi connectivity index (χ2v) is 3.91. The molecule has 0 fully saturated rings. The predicted octanol–water partition coefficient (Wildman–Crippen LogP) is 2.09. The van der Waals surface area contributed by atoms with E-state index >= 15 is 0 Å². The van der Waals surface area contributed by atoms with Crippen LogP contribution in [0, 0.1) is 6.92 Å². The molecule has 2 rings (SSSR count). The maximum atomic E-state index is 11.7. The third-order valence-electron chi connectivity index (χ3n) is 2.56. The topological polar surface area (TPSA) is 44.1 Å². The van der Waals surface area contributed by atoms with E-state index in [1.165, 1.54) is 6.20 Å². The van der Waals surface area contributed by atoms with Gasteiger partial charge in [-0.25, -0.2) is 4.79 Å². The number of rotatable bonds is 3. The van der Waals surface area contributed by atoms with Crippen LogP contribution in [0.15, 0.2) is 36.7 Å². The van der Waals surface area contributed by atoms with Gasteiger partial charge in [0.25, 0.3) is 0 Å². The van der Waals surface area contributed by atoms with Gasteiger partial charge in [0.15, 0.2) is 0 Å². The molecule has 1 aromatic heterocycles. The van der Waals surface area contributed by atoms with E-state index in [1.54, 1.807) is 17.9 Å². The van der Waals surface area contributed by atoms with Crippen molar-refractivity contribution >= 4 is 5.97 Å². The first-order valence-corrected chi connectivity index (χ1v) is 5.37. The predicted molar refractivity (Wildman–Crippen MR) is 63.5 cm³/mol. The summed E-state index contributed by atoms with van der Waals surface area (Å²) in [5, 5.41) is 3.93. The summed E-state index contributed by atoms with van der Waals surface area (Å²) in [7, 11) is 1.76. The minimum atomic E-state index is -0.346. The Hall–Kier alpha value is -2.10. The number of benzene rings is 1. The smallest absolute Gasteiger partial charge is 0.341 e. The molecule has 0 aliphatic rings. The van der Waals surface area contributed by atoms with Gasteiger partial charge in [0.05, 0.1) is 11.8 Å². The van der Waals surface area contributed by atoms with Crippen molar-refractivity contribution in [1.29, 1.82) is 0 Å². The Bertz CT molecular complexity index is 532. The summed E-state index contributed by atoms with van der Waals surface area (Å²) in [5.74, 6) is -0.346. The highest BCUT2D eigenvalue weighted by molar-refractivity contribution is 5.88. The van der Waals surface area contributed by atoms with Crippen LogP contribution in [-0.2, 0) is 18.4 Å². The molecule has 0 radical (unpaired) electrons. The molecule has 0 spiro atoms. The zero-order valence-corrected chi connectivity index (χ0v) is 9.88. The van der Waals surface area contributed by atoms with E-state index in [1.807, 2.05) is 31.2 Å². The molecule has 0 atom stereocenters. The fraction of sp³-hybridized carbons (Fsp3) is 0.231. The Morgan fingerprint density at radius 1 is 1.41 bits per heavy atom. The first kappa shape index (κ1) is 11.4. The van der Waals surface area contributed by atoms with Gasteiger partial charge in [-0.2, -0.15) is 5.10 Å². The Labute approximate surface area is 99.8 Å². The molecule has 4 nitrogen and oxygen atoms in total. The fourth-order valence-corrected chi connectivity index (χ4v) is 1.53. The molecular formula is C13H14N2O2. The van der Waals surface area contributed by atoms with Crippen LogP contribution in [0.3, 0.4) is 0 Å². The van der Waals surface area contributed by atoms with Crippen LogP contribution in [0.2, 0.25) is 0 Å². The molecule has 0 amide bonds. The standard InChI is InChI=1S/C13H14N2O2/c1-10-5-3-4-6-11(10)9-17-13(16)12-7-14-15(2)8-12/h3-8H,9H2,1-2H3. The minimum absolute atomic E-state index is 0.292. The third kappa shape index (κ3) is 2.72. The zero-order valence-electron chi connectivity index (χ0n) is 9.88. The second kappa shape index (κ2) is 4.82. The van der Waals surface area contributed by atoms with Gasteiger partial charge in [-0.1, -0.05) is 24.3 Å². The van der Waals surface area contributed by atoms with E-state index < -0.39 is 0 Å². The maximum absolute atomic E-state index is 11.7. The number of aryl methyl sites for hydroxylation is 2. The molecule has 0 N–H and O–H groups in total. The van der Waals surface area contributed by atoms with Crippen molar-refractivity contribution in [3.8, 4) is 0 Å². The highest BCUT2D eigenvalue weighted by Crippen LogP contribution is 2.09. The van der Waals surface area contributed by atoms with Crippen LogP contribution in [0.4, 0.5) is 0 Å². The number of ether oxygens (including phenoxy) is 1. The molecule has 0 aliphatic carbocycles. The normalized spacial score (nSPS) is 10.2. The summed E-state index contributed by atoms with van der Waals surface area (Å²) in [6, 6.07) is 7.83. The largest absolute Gasteiger partial charge is 0.457 e. The Morgan fingerprint density at radius 3 is 2.82 bits per heavy atom. The van der Waals surface area contributed by atoms with Crippen molar-refractivity contribution in [2.24, 2.45) is 7.05 Å². The molecule has 1 aromatic carbocycles. The van der Waals surface area contributed by atoms with Gasteiger partial charge in [-0.15, -0.1) is 0 Å². The van der Waals surface area contributed by atoms with E-state index in [2.05, 4.69) is 5.10 Å². The molecule has 4 heteroatoms. The number of hydrogen-bond acceptors (Lipinski definition) is 3. The summed E-state index contributed by atoms with van der Waals surface area (Å²) in [6.07, 6.45) is 3.14. The number of nitrogens with zero attached hydrogens (tertiary/aromatic N) is 2. The lowest BCUT2D eigenvalue weighted by molar-refractivity contribution is 0.0472. The van der Waals surface area contributed by atoms with Gasteiger partial charge in [0.2, 0.25) is 0 Å². The van der Waals surface area contributed by atoms with Crippen molar-refractivity contribution in [3.63, 3.8) is 0 Å². The Balaban J connectivity index is 1.99. The van der Waals surface area contributed by atoms with Crippen molar-refractivity contribution in [1.82, 2.24) is 9.78 Å². The van der Waals surface area contributed by atoms with Gasteiger partial charge in [0, 0.05) is 13.2 Å². The highest BCUT2D eigenvalue weighted by Gasteiger charge is 2.09. The molecule has 88 valence electrons. The lowest BCUT2D eigenvalue weighted by Crippen LogP contribution is -2.05. The van der Waals surface area contributed by atoms with Crippen LogP contribution >= 0.6 is 0 Å². The molecule has 1 heterocycles. The van der Waals surface area contributed by atoms with E-state index in [0.717, 1.165) is 11.1 Å². The summed E-state index contributed by atoms with van der Waals surface area (Å²) < 4.78 is 6.79. The number of esters is 1. The average molecular weight is 230 g/mol.